The minimum atomic E-state index is -0.223. The summed E-state index contributed by atoms with van der Waals surface area (Å²) < 4.78 is 6.57. The quantitative estimate of drug-likeness (QED) is 0.778. The van der Waals surface area contributed by atoms with Gasteiger partial charge in [-0.2, -0.15) is 5.26 Å². The first-order chi connectivity index (χ1) is 9.65. The Morgan fingerprint density at radius 1 is 1.50 bits per heavy atom. The lowest BCUT2D eigenvalue weighted by molar-refractivity contribution is -0.140. The van der Waals surface area contributed by atoms with E-state index >= 15 is 0 Å². The molecule has 104 valence electrons. The molecule has 0 spiro atoms. The van der Waals surface area contributed by atoms with Gasteiger partial charge in [-0.15, -0.1) is 0 Å². The predicted molar refractivity (Wildman–Crippen MR) is 75.1 cm³/mol. The largest absolute Gasteiger partial charge is 0.469 e. The van der Waals surface area contributed by atoms with Crippen molar-refractivity contribution in [1.29, 1.82) is 5.26 Å². The molecule has 2 rings (SSSR count). The molecular weight excluding hydrogens is 254 g/mol. The zero-order valence-electron chi connectivity index (χ0n) is 11.7. The van der Waals surface area contributed by atoms with Crippen LogP contribution in [-0.4, -0.2) is 36.0 Å². The molecular formula is C15H17N3O2. The van der Waals surface area contributed by atoms with Crippen LogP contribution in [0.3, 0.4) is 0 Å². The number of esters is 1. The average molecular weight is 271 g/mol. The third kappa shape index (κ3) is 2.98. The van der Waals surface area contributed by atoms with Crippen LogP contribution < -0.4 is 0 Å². The van der Waals surface area contributed by atoms with Gasteiger partial charge in [0.2, 0.25) is 0 Å². The highest BCUT2D eigenvalue weighted by molar-refractivity contribution is 5.69. The number of methoxy groups -OCH3 is 1. The van der Waals surface area contributed by atoms with Crippen LogP contribution in [0.2, 0.25) is 0 Å². The van der Waals surface area contributed by atoms with Crippen LogP contribution in [0, 0.1) is 11.3 Å². The molecule has 0 saturated carbocycles. The smallest absolute Gasteiger partial charge is 0.306 e. The Bertz CT molecular complexity index is 655. The van der Waals surface area contributed by atoms with Gasteiger partial charge in [0.15, 0.2) is 0 Å². The zero-order chi connectivity index (χ0) is 14.5. The van der Waals surface area contributed by atoms with Gasteiger partial charge < -0.3 is 14.0 Å². The first-order valence-electron chi connectivity index (χ1n) is 6.39. The molecule has 0 saturated heterocycles. The lowest BCUT2D eigenvalue weighted by atomic mass is 10.1. The fourth-order valence-corrected chi connectivity index (χ4v) is 2.18. The average Bonchev–Trinajstić information content (AvgIpc) is 2.81. The maximum Gasteiger partial charge on any atom is 0.306 e. The fraction of sp³-hybridized carbons (Fsp3) is 0.333. The summed E-state index contributed by atoms with van der Waals surface area (Å²) in [6.07, 6.45) is 4.24. The SMILES string of the molecule is COC(=O)CCN(C)Cc1cn2ccccc2c1C#N. The Morgan fingerprint density at radius 2 is 2.30 bits per heavy atom. The van der Waals surface area contributed by atoms with Crippen LogP contribution >= 0.6 is 0 Å². The van der Waals surface area contributed by atoms with Crippen LogP contribution in [0.5, 0.6) is 0 Å². The van der Waals surface area contributed by atoms with Crippen molar-refractivity contribution in [3.05, 3.63) is 41.7 Å². The van der Waals surface area contributed by atoms with Crippen molar-refractivity contribution in [2.24, 2.45) is 0 Å². The summed E-state index contributed by atoms with van der Waals surface area (Å²) in [5, 5.41) is 9.32. The van der Waals surface area contributed by atoms with E-state index in [1.165, 1.54) is 7.11 Å². The second-order valence-electron chi connectivity index (χ2n) is 4.70. The standard InChI is InChI=1S/C15H17N3O2/c1-17(8-6-15(19)20-2)10-12-11-18-7-4-3-5-14(18)13(12)9-16/h3-5,7,11H,6,8,10H2,1-2H3. The van der Waals surface area contributed by atoms with Gasteiger partial charge in [0, 0.05) is 31.0 Å². The molecule has 5 heteroatoms. The van der Waals surface area contributed by atoms with Crippen LogP contribution in [0.1, 0.15) is 17.5 Å². The molecule has 0 bridgehead atoms. The highest BCUT2D eigenvalue weighted by Gasteiger charge is 2.12. The number of pyridine rings is 1. The molecule has 0 fully saturated rings. The number of fused-ring (bicyclic) bond motifs is 1. The van der Waals surface area contributed by atoms with Crippen LogP contribution in [0.15, 0.2) is 30.6 Å². The number of carbonyl (C=O) groups is 1. The molecule has 0 amide bonds. The van der Waals surface area contributed by atoms with Gasteiger partial charge in [-0.1, -0.05) is 6.07 Å². The summed E-state index contributed by atoms with van der Waals surface area (Å²) in [6, 6.07) is 8.03. The van der Waals surface area contributed by atoms with E-state index in [0.29, 0.717) is 25.1 Å². The Balaban J connectivity index is 2.13. The number of aromatic nitrogens is 1. The van der Waals surface area contributed by atoms with Crippen molar-refractivity contribution >= 4 is 11.5 Å². The summed E-state index contributed by atoms with van der Waals surface area (Å²) >= 11 is 0. The molecule has 20 heavy (non-hydrogen) atoms. The van der Waals surface area contributed by atoms with Crippen molar-refractivity contribution in [1.82, 2.24) is 9.30 Å². The summed E-state index contributed by atoms with van der Waals surface area (Å²) in [5.41, 5.74) is 2.56. The second-order valence-corrected chi connectivity index (χ2v) is 4.70. The van der Waals surface area contributed by atoms with Gasteiger partial charge in [0.1, 0.15) is 6.07 Å². The molecule has 5 nitrogen and oxygen atoms in total. The first kappa shape index (κ1) is 14.1. The zero-order valence-corrected chi connectivity index (χ0v) is 11.7. The molecule has 0 aromatic carbocycles. The highest BCUT2D eigenvalue weighted by Crippen LogP contribution is 2.19. The molecule has 0 atom stereocenters. The van der Waals surface area contributed by atoms with Crippen molar-refractivity contribution in [2.75, 3.05) is 20.7 Å². The Hall–Kier alpha value is -2.32. The van der Waals surface area contributed by atoms with E-state index in [9.17, 15) is 10.1 Å². The number of nitrogens with zero attached hydrogens (tertiary/aromatic N) is 3. The van der Waals surface area contributed by atoms with E-state index in [1.54, 1.807) is 0 Å². The lowest BCUT2D eigenvalue weighted by Gasteiger charge is -2.15. The maximum atomic E-state index is 11.1. The van der Waals surface area contributed by atoms with E-state index in [-0.39, 0.29) is 5.97 Å². The molecule has 2 aromatic heterocycles. The Labute approximate surface area is 118 Å². The monoisotopic (exact) mass is 271 g/mol. The summed E-state index contributed by atoms with van der Waals surface area (Å²) in [5.74, 6) is -0.223. The normalized spacial score (nSPS) is 10.7. The van der Waals surface area contributed by atoms with Crippen molar-refractivity contribution in [3.8, 4) is 6.07 Å². The number of nitriles is 1. The summed E-state index contributed by atoms with van der Waals surface area (Å²) in [6.45, 7) is 1.23. The lowest BCUT2D eigenvalue weighted by Crippen LogP contribution is -2.22. The Kier molecular flexibility index (Phi) is 4.38. The molecule has 0 aliphatic rings. The molecule has 0 radical (unpaired) electrons. The number of ether oxygens (including phenoxy) is 1. The van der Waals surface area contributed by atoms with Crippen LogP contribution in [0.4, 0.5) is 0 Å². The van der Waals surface area contributed by atoms with Gasteiger partial charge in [0.25, 0.3) is 0 Å². The topological polar surface area (TPSA) is 57.7 Å². The first-order valence-corrected chi connectivity index (χ1v) is 6.39. The fourth-order valence-electron chi connectivity index (χ4n) is 2.18. The van der Waals surface area contributed by atoms with E-state index in [2.05, 4.69) is 10.8 Å². The minimum Gasteiger partial charge on any atom is -0.469 e. The van der Waals surface area contributed by atoms with Gasteiger partial charge >= 0.3 is 5.97 Å². The summed E-state index contributed by atoms with van der Waals surface area (Å²) in [7, 11) is 3.31. The van der Waals surface area contributed by atoms with Crippen LogP contribution in [-0.2, 0) is 16.1 Å². The summed E-state index contributed by atoms with van der Waals surface area (Å²) in [4.78, 5) is 13.1. The molecule has 0 unspecified atom stereocenters. The van der Waals surface area contributed by atoms with Crippen molar-refractivity contribution < 1.29 is 9.53 Å². The second kappa shape index (κ2) is 6.22. The van der Waals surface area contributed by atoms with Gasteiger partial charge in [0.05, 0.1) is 24.6 Å². The molecule has 0 N–H and O–H groups in total. The van der Waals surface area contributed by atoms with Gasteiger partial charge in [-0.25, -0.2) is 0 Å². The number of carbonyl (C=O) groups excluding carboxylic acids is 1. The third-order valence-corrected chi connectivity index (χ3v) is 3.24. The number of rotatable bonds is 5. The van der Waals surface area contributed by atoms with Crippen LogP contribution in [0.25, 0.3) is 5.52 Å². The molecule has 0 aliphatic carbocycles. The molecule has 2 aromatic rings. The maximum absolute atomic E-state index is 11.1. The predicted octanol–water partition coefficient (Wildman–Crippen LogP) is 1.81. The molecule has 2 heterocycles. The highest BCUT2D eigenvalue weighted by atomic mass is 16.5. The van der Waals surface area contributed by atoms with Gasteiger partial charge in [-0.3, -0.25) is 4.79 Å². The number of hydrogen-bond donors (Lipinski definition) is 0. The van der Waals surface area contributed by atoms with E-state index in [0.717, 1.165) is 11.1 Å². The van der Waals surface area contributed by atoms with E-state index in [4.69, 9.17) is 0 Å². The van der Waals surface area contributed by atoms with Crippen molar-refractivity contribution in [3.63, 3.8) is 0 Å². The Morgan fingerprint density at radius 3 is 3.00 bits per heavy atom. The minimum absolute atomic E-state index is 0.223. The van der Waals surface area contributed by atoms with E-state index < -0.39 is 0 Å². The van der Waals surface area contributed by atoms with Gasteiger partial charge in [-0.05, 0) is 19.2 Å². The molecule has 0 aliphatic heterocycles. The van der Waals surface area contributed by atoms with Crippen molar-refractivity contribution in [2.45, 2.75) is 13.0 Å². The van der Waals surface area contributed by atoms with E-state index in [1.807, 2.05) is 46.9 Å². The number of hydrogen-bond acceptors (Lipinski definition) is 4. The third-order valence-electron chi connectivity index (χ3n) is 3.24.